The van der Waals surface area contributed by atoms with Gasteiger partial charge in [0, 0.05) is 26.9 Å². The molecule has 0 bridgehead atoms. The van der Waals surface area contributed by atoms with Gasteiger partial charge in [0.1, 0.15) is 0 Å². The molecule has 0 amide bonds. The van der Waals surface area contributed by atoms with Crippen LogP contribution in [0.25, 0.3) is 0 Å². The van der Waals surface area contributed by atoms with E-state index in [1.165, 1.54) is 16.3 Å². The van der Waals surface area contributed by atoms with Crippen molar-refractivity contribution in [3.05, 3.63) is 22.7 Å². The van der Waals surface area contributed by atoms with Gasteiger partial charge in [-0.1, -0.05) is 29.8 Å². The second-order valence-electron chi connectivity index (χ2n) is 3.95. The van der Waals surface area contributed by atoms with Crippen molar-refractivity contribution in [3.63, 3.8) is 0 Å². The van der Waals surface area contributed by atoms with E-state index >= 15 is 0 Å². The third kappa shape index (κ3) is 2.09. The molecule has 0 saturated carbocycles. The van der Waals surface area contributed by atoms with Crippen LogP contribution in [0.1, 0.15) is 13.8 Å². The van der Waals surface area contributed by atoms with Crippen LogP contribution in [-0.4, -0.2) is 11.8 Å². The topological polar surface area (TPSA) is 12.0 Å². The molecule has 0 aromatic heterocycles. The van der Waals surface area contributed by atoms with Crippen molar-refractivity contribution in [3.8, 4) is 0 Å². The van der Waals surface area contributed by atoms with Crippen molar-refractivity contribution < 1.29 is 0 Å². The van der Waals surface area contributed by atoms with Crippen molar-refractivity contribution in [2.45, 2.75) is 24.8 Å². The summed E-state index contributed by atoms with van der Waals surface area (Å²) in [4.78, 5) is 1.37. The fourth-order valence-corrected chi connectivity index (χ4v) is 3.15. The highest BCUT2D eigenvalue weighted by atomic mass is 79.9. The maximum atomic E-state index is 3.59. The minimum atomic E-state index is 0.599. The number of benzene rings is 1. The van der Waals surface area contributed by atoms with Gasteiger partial charge >= 0.3 is 0 Å². The minimum Gasteiger partial charge on any atom is -0.380 e. The number of rotatable bonds is 1. The lowest BCUT2D eigenvalue weighted by molar-refractivity contribution is 0.562. The number of anilines is 1. The van der Waals surface area contributed by atoms with Gasteiger partial charge in [0.25, 0.3) is 0 Å². The lowest BCUT2D eigenvalue weighted by Crippen LogP contribution is -2.30. The van der Waals surface area contributed by atoms with Crippen LogP contribution in [0.3, 0.4) is 0 Å². The van der Waals surface area contributed by atoms with Crippen LogP contribution in [0.15, 0.2) is 27.6 Å². The molecule has 76 valence electrons. The quantitative estimate of drug-likeness (QED) is 0.829. The number of hydrogen-bond donors (Lipinski definition) is 1. The van der Waals surface area contributed by atoms with E-state index in [0.717, 1.165) is 4.47 Å². The van der Waals surface area contributed by atoms with Crippen LogP contribution >= 0.6 is 27.7 Å². The van der Waals surface area contributed by atoms with Gasteiger partial charge in [0.05, 0.1) is 0 Å². The summed E-state index contributed by atoms with van der Waals surface area (Å²) < 4.78 is 1.15. The Morgan fingerprint density at radius 1 is 1.50 bits per heavy atom. The van der Waals surface area contributed by atoms with E-state index in [0.29, 0.717) is 12.0 Å². The van der Waals surface area contributed by atoms with E-state index < -0.39 is 0 Å². The zero-order valence-corrected chi connectivity index (χ0v) is 10.8. The number of thioether (sulfide) groups is 1. The van der Waals surface area contributed by atoms with Crippen LogP contribution in [0.4, 0.5) is 5.69 Å². The first-order valence-electron chi connectivity index (χ1n) is 4.85. The van der Waals surface area contributed by atoms with E-state index in [4.69, 9.17) is 0 Å². The van der Waals surface area contributed by atoms with Crippen molar-refractivity contribution in [2.75, 3.05) is 11.1 Å². The van der Waals surface area contributed by atoms with Crippen LogP contribution in [0.2, 0.25) is 0 Å². The Hall–Kier alpha value is -0.150. The molecule has 2 rings (SSSR count). The molecule has 1 aliphatic heterocycles. The van der Waals surface area contributed by atoms with Gasteiger partial charge < -0.3 is 5.32 Å². The van der Waals surface area contributed by atoms with E-state index in [-0.39, 0.29) is 0 Å². The minimum absolute atomic E-state index is 0.599. The molecule has 0 radical (unpaired) electrons. The smallest absolute Gasteiger partial charge is 0.0492 e. The molecule has 0 saturated heterocycles. The van der Waals surface area contributed by atoms with Gasteiger partial charge in [-0.2, -0.15) is 0 Å². The highest BCUT2D eigenvalue weighted by Gasteiger charge is 2.20. The maximum Gasteiger partial charge on any atom is 0.0492 e. The Morgan fingerprint density at radius 2 is 2.29 bits per heavy atom. The number of nitrogens with one attached hydrogen (secondary N) is 1. The first kappa shape index (κ1) is 10.4. The van der Waals surface area contributed by atoms with Crippen molar-refractivity contribution in [1.82, 2.24) is 0 Å². The molecule has 0 aliphatic carbocycles. The first-order chi connectivity index (χ1) is 6.66. The Kier molecular flexibility index (Phi) is 3.07. The monoisotopic (exact) mass is 271 g/mol. The molecule has 0 spiro atoms. The van der Waals surface area contributed by atoms with Crippen LogP contribution in [-0.2, 0) is 0 Å². The lowest BCUT2D eigenvalue weighted by Gasteiger charge is -2.29. The Bertz CT molecular complexity index is 338. The molecular weight excluding hydrogens is 258 g/mol. The van der Waals surface area contributed by atoms with Crippen molar-refractivity contribution in [2.24, 2.45) is 5.92 Å². The highest BCUT2D eigenvalue weighted by molar-refractivity contribution is 9.10. The molecule has 1 aromatic rings. The largest absolute Gasteiger partial charge is 0.380 e. The molecule has 1 unspecified atom stereocenters. The Morgan fingerprint density at radius 3 is 3.00 bits per heavy atom. The van der Waals surface area contributed by atoms with Crippen LogP contribution in [0.5, 0.6) is 0 Å². The normalized spacial score (nSPS) is 20.4. The summed E-state index contributed by atoms with van der Waals surface area (Å²) in [5.74, 6) is 1.86. The van der Waals surface area contributed by atoms with Gasteiger partial charge in [0.15, 0.2) is 0 Å². The van der Waals surface area contributed by atoms with Gasteiger partial charge in [0.2, 0.25) is 0 Å². The molecule has 1 aliphatic rings. The van der Waals surface area contributed by atoms with Crippen LogP contribution < -0.4 is 5.32 Å². The summed E-state index contributed by atoms with van der Waals surface area (Å²) in [5.41, 5.74) is 1.27. The maximum absolute atomic E-state index is 3.59. The average Bonchev–Trinajstić information content (AvgIpc) is 2.16. The van der Waals surface area contributed by atoms with E-state index in [1.54, 1.807) is 0 Å². The molecule has 14 heavy (non-hydrogen) atoms. The third-order valence-electron chi connectivity index (χ3n) is 2.51. The molecule has 1 atom stereocenters. The van der Waals surface area contributed by atoms with Gasteiger partial charge in [-0.3, -0.25) is 0 Å². The summed E-state index contributed by atoms with van der Waals surface area (Å²) in [6.45, 7) is 4.53. The Labute approximate surface area is 97.8 Å². The van der Waals surface area contributed by atoms with Gasteiger partial charge in [-0.15, -0.1) is 11.8 Å². The summed E-state index contributed by atoms with van der Waals surface area (Å²) in [5, 5.41) is 3.59. The number of fused-ring (bicyclic) bond motifs is 1. The summed E-state index contributed by atoms with van der Waals surface area (Å²) in [7, 11) is 0. The number of hydrogen-bond acceptors (Lipinski definition) is 2. The second kappa shape index (κ2) is 4.15. The van der Waals surface area contributed by atoms with Crippen molar-refractivity contribution >= 4 is 33.4 Å². The highest BCUT2D eigenvalue weighted by Crippen LogP contribution is 2.36. The van der Waals surface area contributed by atoms with Gasteiger partial charge in [-0.05, 0) is 24.1 Å². The van der Waals surface area contributed by atoms with Crippen LogP contribution in [0, 0.1) is 5.92 Å². The van der Waals surface area contributed by atoms with Crippen molar-refractivity contribution in [1.29, 1.82) is 0 Å². The summed E-state index contributed by atoms with van der Waals surface area (Å²) in [6.07, 6.45) is 0. The Balaban J connectivity index is 2.24. The summed E-state index contributed by atoms with van der Waals surface area (Å²) in [6, 6.07) is 7.04. The zero-order valence-electron chi connectivity index (χ0n) is 8.38. The third-order valence-corrected chi connectivity index (χ3v) is 4.19. The lowest BCUT2D eigenvalue weighted by atomic mass is 10.1. The predicted octanol–water partition coefficient (Wildman–Crippen LogP) is 3.99. The fraction of sp³-hybridized carbons (Fsp3) is 0.455. The van der Waals surface area contributed by atoms with E-state index in [9.17, 15) is 0 Å². The molecule has 1 heterocycles. The van der Waals surface area contributed by atoms with E-state index in [2.05, 4.69) is 53.3 Å². The van der Waals surface area contributed by atoms with Gasteiger partial charge in [-0.25, -0.2) is 0 Å². The molecule has 0 fully saturated rings. The fourth-order valence-electron chi connectivity index (χ4n) is 1.52. The molecule has 1 nitrogen and oxygen atoms in total. The predicted molar refractivity (Wildman–Crippen MR) is 67.1 cm³/mol. The SMILES string of the molecule is CC(C)C1CSc2ccc(Br)cc2N1. The standard InChI is InChI=1S/C11H14BrNS/c1-7(2)10-6-14-11-4-3-8(12)5-9(11)13-10/h3-5,7,10,13H,6H2,1-2H3. The average molecular weight is 272 g/mol. The molecule has 3 heteroatoms. The first-order valence-corrected chi connectivity index (χ1v) is 6.63. The molecular formula is C11H14BrNS. The molecule has 1 aromatic carbocycles. The zero-order chi connectivity index (χ0) is 10.1. The summed E-state index contributed by atoms with van der Waals surface area (Å²) >= 11 is 5.45. The number of halogens is 1. The molecule has 1 N–H and O–H groups in total. The second-order valence-corrected chi connectivity index (χ2v) is 5.92. The van der Waals surface area contributed by atoms with E-state index in [1.807, 2.05) is 11.8 Å².